The van der Waals surface area contributed by atoms with E-state index >= 15 is 0 Å². The van der Waals surface area contributed by atoms with Crippen molar-refractivity contribution in [3.8, 4) is 11.3 Å². The highest BCUT2D eigenvalue weighted by molar-refractivity contribution is 9.10. The average molecular weight is 339 g/mol. The van der Waals surface area contributed by atoms with E-state index in [1.54, 1.807) is 0 Å². The molecule has 0 aliphatic heterocycles. The van der Waals surface area contributed by atoms with Crippen LogP contribution in [0.1, 0.15) is 12.5 Å². The van der Waals surface area contributed by atoms with Crippen molar-refractivity contribution in [3.63, 3.8) is 0 Å². The summed E-state index contributed by atoms with van der Waals surface area (Å²) in [5.41, 5.74) is 10.8. The van der Waals surface area contributed by atoms with Crippen molar-refractivity contribution in [2.45, 2.75) is 6.92 Å². The Hall–Kier alpha value is -2.13. The Bertz CT molecular complexity index is 820. The fraction of sp³-hybridized carbons (Fsp3) is 0.0556. The van der Waals surface area contributed by atoms with Crippen molar-refractivity contribution in [2.75, 3.05) is 5.73 Å². The van der Waals surface area contributed by atoms with Crippen LogP contribution in [0.25, 0.3) is 28.2 Å². The van der Waals surface area contributed by atoms with Gasteiger partial charge in [-0.3, -0.25) is 0 Å². The molecule has 2 aromatic carbocycles. The molecule has 3 aromatic rings. The Morgan fingerprint density at radius 2 is 1.71 bits per heavy atom. The number of fused-ring (bicyclic) bond motifs is 1. The van der Waals surface area contributed by atoms with E-state index in [-0.39, 0.29) is 0 Å². The first-order valence-electron chi connectivity index (χ1n) is 6.77. The number of hydrogen-bond donors (Lipinski definition) is 1. The molecule has 2 nitrogen and oxygen atoms in total. The number of pyridine rings is 1. The van der Waals surface area contributed by atoms with E-state index in [0.717, 1.165) is 37.9 Å². The molecule has 0 atom stereocenters. The molecule has 3 rings (SSSR count). The molecule has 0 radical (unpaired) electrons. The number of allylic oxidation sites excluding steroid dienone is 1. The van der Waals surface area contributed by atoms with Gasteiger partial charge in [0.25, 0.3) is 0 Å². The molecule has 1 heterocycles. The smallest absolute Gasteiger partial charge is 0.0944 e. The topological polar surface area (TPSA) is 38.9 Å². The van der Waals surface area contributed by atoms with Crippen LogP contribution in [0.5, 0.6) is 0 Å². The summed E-state index contributed by atoms with van der Waals surface area (Å²) in [4.78, 5) is 4.74. The molecule has 21 heavy (non-hydrogen) atoms. The van der Waals surface area contributed by atoms with Crippen molar-refractivity contribution in [2.24, 2.45) is 0 Å². The molecule has 0 aliphatic carbocycles. The summed E-state index contributed by atoms with van der Waals surface area (Å²) < 4.78 is 1.06. The number of benzene rings is 2. The van der Waals surface area contributed by atoms with Crippen molar-refractivity contribution < 1.29 is 0 Å². The lowest BCUT2D eigenvalue weighted by molar-refractivity contribution is 1.39. The first kappa shape index (κ1) is 13.8. The maximum atomic E-state index is 6.25. The maximum Gasteiger partial charge on any atom is 0.0944 e. The van der Waals surface area contributed by atoms with Crippen LogP contribution in [0.15, 0.2) is 59.1 Å². The van der Waals surface area contributed by atoms with Crippen LogP contribution in [0.3, 0.4) is 0 Å². The summed E-state index contributed by atoms with van der Waals surface area (Å²) in [6.07, 6.45) is 3.98. The molecule has 1 aromatic heterocycles. The van der Waals surface area contributed by atoms with Gasteiger partial charge in [-0.1, -0.05) is 58.4 Å². The van der Waals surface area contributed by atoms with Gasteiger partial charge in [-0.2, -0.15) is 0 Å². The van der Waals surface area contributed by atoms with Gasteiger partial charge in [0, 0.05) is 15.4 Å². The third-order valence-corrected chi connectivity index (χ3v) is 3.95. The first-order chi connectivity index (χ1) is 10.2. The van der Waals surface area contributed by atoms with E-state index in [4.69, 9.17) is 10.7 Å². The fourth-order valence-corrected chi connectivity index (χ4v) is 2.60. The molecule has 0 saturated heterocycles. The molecule has 0 spiro atoms. The Kier molecular flexibility index (Phi) is 3.76. The van der Waals surface area contributed by atoms with Crippen LogP contribution in [-0.4, -0.2) is 4.98 Å². The molecule has 0 fully saturated rings. The summed E-state index contributed by atoms with van der Waals surface area (Å²) in [6.45, 7) is 1.98. The first-order valence-corrected chi connectivity index (χ1v) is 7.56. The second-order valence-corrected chi connectivity index (χ2v) is 5.76. The predicted molar refractivity (Wildman–Crippen MR) is 94.0 cm³/mol. The molecular weight excluding hydrogens is 324 g/mol. The zero-order chi connectivity index (χ0) is 14.8. The van der Waals surface area contributed by atoms with Gasteiger partial charge in [-0.05, 0) is 30.7 Å². The zero-order valence-corrected chi connectivity index (χ0v) is 13.3. The zero-order valence-electron chi connectivity index (χ0n) is 11.7. The van der Waals surface area contributed by atoms with E-state index < -0.39 is 0 Å². The predicted octanol–water partition coefficient (Wildman–Crippen LogP) is 5.28. The molecule has 0 saturated carbocycles. The average Bonchev–Trinajstić information content (AvgIpc) is 2.51. The largest absolute Gasteiger partial charge is 0.396 e. The fourth-order valence-electron chi connectivity index (χ4n) is 2.33. The van der Waals surface area contributed by atoms with Gasteiger partial charge in [0.15, 0.2) is 0 Å². The number of nitrogen functional groups attached to an aromatic ring is 1. The Balaban J connectivity index is 2.18. The lowest BCUT2D eigenvalue weighted by Gasteiger charge is -2.08. The van der Waals surface area contributed by atoms with Gasteiger partial charge in [0.1, 0.15) is 0 Å². The Morgan fingerprint density at radius 3 is 2.43 bits per heavy atom. The molecule has 104 valence electrons. The minimum absolute atomic E-state index is 0.726. The van der Waals surface area contributed by atoms with Crippen molar-refractivity contribution in [1.29, 1.82) is 0 Å². The van der Waals surface area contributed by atoms with Crippen molar-refractivity contribution in [3.05, 3.63) is 64.6 Å². The SMILES string of the molecule is C/C=C\c1ccc2ccc(-c3ccc(Br)cc3)nc2c1N. The Labute approximate surface area is 132 Å². The molecule has 0 aliphatic rings. The van der Waals surface area contributed by atoms with Gasteiger partial charge < -0.3 is 5.73 Å². The number of nitrogens with two attached hydrogens (primary N) is 1. The van der Waals surface area contributed by atoms with Crippen LogP contribution >= 0.6 is 15.9 Å². The summed E-state index contributed by atoms with van der Waals surface area (Å²) in [5.74, 6) is 0. The van der Waals surface area contributed by atoms with E-state index in [2.05, 4.69) is 28.1 Å². The molecule has 0 bridgehead atoms. The molecule has 0 amide bonds. The number of aromatic nitrogens is 1. The van der Waals surface area contributed by atoms with Gasteiger partial charge in [-0.15, -0.1) is 0 Å². The minimum Gasteiger partial charge on any atom is -0.396 e. The third-order valence-electron chi connectivity index (χ3n) is 3.42. The number of rotatable bonds is 2. The van der Waals surface area contributed by atoms with Crippen LogP contribution in [0, 0.1) is 0 Å². The normalized spacial score (nSPS) is 11.3. The van der Waals surface area contributed by atoms with E-state index in [1.807, 2.05) is 55.5 Å². The van der Waals surface area contributed by atoms with Gasteiger partial charge in [-0.25, -0.2) is 4.98 Å². The van der Waals surface area contributed by atoms with Crippen LogP contribution in [0.2, 0.25) is 0 Å². The summed E-state index contributed by atoms with van der Waals surface area (Å²) >= 11 is 3.45. The second-order valence-electron chi connectivity index (χ2n) is 4.84. The second kappa shape index (κ2) is 5.70. The van der Waals surface area contributed by atoms with E-state index in [0.29, 0.717) is 0 Å². The summed E-state index contributed by atoms with van der Waals surface area (Å²) in [7, 11) is 0. The number of anilines is 1. The van der Waals surface area contributed by atoms with Crippen LogP contribution < -0.4 is 5.73 Å². The van der Waals surface area contributed by atoms with Gasteiger partial charge in [0.2, 0.25) is 0 Å². The maximum absolute atomic E-state index is 6.25. The van der Waals surface area contributed by atoms with Crippen LogP contribution in [0.4, 0.5) is 5.69 Å². The van der Waals surface area contributed by atoms with Crippen molar-refractivity contribution >= 4 is 38.6 Å². The number of halogens is 1. The minimum atomic E-state index is 0.726. The summed E-state index contributed by atoms with van der Waals surface area (Å²) in [6, 6.07) is 16.3. The summed E-state index contributed by atoms with van der Waals surface area (Å²) in [5, 5.41) is 1.06. The quantitative estimate of drug-likeness (QED) is 0.645. The lowest BCUT2D eigenvalue weighted by Crippen LogP contribution is -1.94. The monoisotopic (exact) mass is 338 g/mol. The lowest BCUT2D eigenvalue weighted by atomic mass is 10.1. The standard InChI is InChI=1S/C18H15BrN2/c1-2-3-13-4-5-14-8-11-16(21-18(14)17(13)20)12-6-9-15(19)10-7-12/h2-11H,20H2,1H3/b3-2-. The molecule has 0 unspecified atom stereocenters. The molecule has 3 heteroatoms. The highest BCUT2D eigenvalue weighted by Crippen LogP contribution is 2.28. The third kappa shape index (κ3) is 2.69. The highest BCUT2D eigenvalue weighted by atomic mass is 79.9. The van der Waals surface area contributed by atoms with Crippen molar-refractivity contribution in [1.82, 2.24) is 4.98 Å². The Morgan fingerprint density at radius 1 is 1.00 bits per heavy atom. The van der Waals surface area contributed by atoms with Gasteiger partial charge in [0.05, 0.1) is 16.9 Å². The molecule has 2 N–H and O–H groups in total. The number of nitrogens with zero attached hydrogens (tertiary/aromatic N) is 1. The van der Waals surface area contributed by atoms with E-state index in [9.17, 15) is 0 Å². The van der Waals surface area contributed by atoms with Gasteiger partial charge >= 0.3 is 0 Å². The molecular formula is C18H15BrN2. The highest BCUT2D eigenvalue weighted by Gasteiger charge is 2.06. The number of hydrogen-bond acceptors (Lipinski definition) is 2. The van der Waals surface area contributed by atoms with E-state index in [1.165, 1.54) is 0 Å². The van der Waals surface area contributed by atoms with Crippen LogP contribution in [-0.2, 0) is 0 Å².